The fourth-order valence-electron chi connectivity index (χ4n) is 1.64. The molecule has 0 spiro atoms. The smallest absolute Gasteiger partial charge is 0.246 e. The highest BCUT2D eigenvalue weighted by Gasteiger charge is 2.19. The van der Waals surface area contributed by atoms with E-state index in [1.165, 1.54) is 0 Å². The van der Waals surface area contributed by atoms with Gasteiger partial charge in [0, 0.05) is 13.1 Å². The van der Waals surface area contributed by atoms with Gasteiger partial charge in [-0.25, -0.2) is 0 Å². The Bertz CT molecular complexity index is 193. The molecule has 0 aromatic carbocycles. The van der Waals surface area contributed by atoms with Gasteiger partial charge < -0.3 is 10.6 Å². The maximum absolute atomic E-state index is 11.4. The molecule has 1 amide bonds. The maximum Gasteiger partial charge on any atom is 0.246 e. The number of carbonyl (C=O) groups excluding carboxylic acids is 1. The van der Waals surface area contributed by atoms with Gasteiger partial charge in [-0.2, -0.15) is 0 Å². The Morgan fingerprint density at radius 3 is 2.62 bits per heavy atom. The quantitative estimate of drug-likeness (QED) is 0.641. The first kappa shape index (κ1) is 10.3. The molecule has 0 aromatic rings. The van der Waals surface area contributed by atoms with Crippen LogP contribution in [0.25, 0.3) is 0 Å². The van der Waals surface area contributed by atoms with Gasteiger partial charge >= 0.3 is 0 Å². The highest BCUT2D eigenvalue weighted by molar-refractivity contribution is 5.87. The fourth-order valence-corrected chi connectivity index (χ4v) is 1.64. The van der Waals surface area contributed by atoms with Crippen molar-refractivity contribution in [2.75, 3.05) is 19.6 Å². The molecular weight excluding hydrogens is 164 g/mol. The average molecular weight is 182 g/mol. The van der Waals surface area contributed by atoms with Gasteiger partial charge in [-0.15, -0.1) is 0 Å². The van der Waals surface area contributed by atoms with Gasteiger partial charge in [-0.05, 0) is 38.3 Å². The Balaban J connectivity index is 2.36. The second kappa shape index (κ2) is 5.02. The molecule has 1 aliphatic rings. The van der Waals surface area contributed by atoms with E-state index in [1.807, 2.05) is 11.8 Å². The van der Waals surface area contributed by atoms with Crippen LogP contribution in [0, 0.1) is 5.92 Å². The number of nitrogens with two attached hydrogens (primary N) is 1. The van der Waals surface area contributed by atoms with E-state index in [4.69, 9.17) is 5.73 Å². The van der Waals surface area contributed by atoms with Crippen LogP contribution in [0.15, 0.2) is 12.2 Å². The first-order valence-corrected chi connectivity index (χ1v) is 4.89. The molecular formula is C10H18N2O. The highest BCUT2D eigenvalue weighted by atomic mass is 16.2. The summed E-state index contributed by atoms with van der Waals surface area (Å²) < 4.78 is 0. The Kier molecular flexibility index (Phi) is 3.96. The summed E-state index contributed by atoms with van der Waals surface area (Å²) in [7, 11) is 0. The van der Waals surface area contributed by atoms with Crippen LogP contribution in [-0.2, 0) is 4.79 Å². The number of likely N-dealkylation sites (tertiary alicyclic amines) is 1. The summed E-state index contributed by atoms with van der Waals surface area (Å²) in [5.74, 6) is 0.757. The number of hydrogen-bond acceptors (Lipinski definition) is 2. The molecule has 0 unspecified atom stereocenters. The molecule has 13 heavy (non-hydrogen) atoms. The van der Waals surface area contributed by atoms with Crippen LogP contribution in [-0.4, -0.2) is 30.4 Å². The minimum atomic E-state index is 0.137. The van der Waals surface area contributed by atoms with Crippen molar-refractivity contribution in [2.45, 2.75) is 19.8 Å². The predicted molar refractivity (Wildman–Crippen MR) is 53.2 cm³/mol. The van der Waals surface area contributed by atoms with Gasteiger partial charge in [0.1, 0.15) is 0 Å². The fraction of sp³-hybridized carbons (Fsp3) is 0.700. The van der Waals surface area contributed by atoms with Crippen LogP contribution < -0.4 is 5.73 Å². The number of piperidine rings is 1. The zero-order valence-electron chi connectivity index (χ0n) is 8.20. The topological polar surface area (TPSA) is 46.3 Å². The molecule has 3 nitrogen and oxygen atoms in total. The number of allylic oxidation sites excluding steroid dienone is 1. The number of amides is 1. The number of nitrogens with zero attached hydrogens (tertiary/aromatic N) is 1. The van der Waals surface area contributed by atoms with Crippen molar-refractivity contribution < 1.29 is 4.79 Å². The molecule has 3 heteroatoms. The van der Waals surface area contributed by atoms with Crippen LogP contribution in [0.1, 0.15) is 19.8 Å². The summed E-state index contributed by atoms with van der Waals surface area (Å²) in [5, 5.41) is 0. The van der Waals surface area contributed by atoms with Gasteiger partial charge in [-0.1, -0.05) is 6.08 Å². The van der Waals surface area contributed by atoms with E-state index >= 15 is 0 Å². The lowest BCUT2D eigenvalue weighted by Crippen LogP contribution is -2.39. The van der Waals surface area contributed by atoms with Crippen molar-refractivity contribution in [1.82, 2.24) is 4.90 Å². The largest absolute Gasteiger partial charge is 0.339 e. The third-order valence-electron chi connectivity index (χ3n) is 2.57. The first-order chi connectivity index (χ1) is 6.27. The minimum absolute atomic E-state index is 0.137. The summed E-state index contributed by atoms with van der Waals surface area (Å²) >= 11 is 0. The molecule has 2 N–H and O–H groups in total. The SMILES string of the molecule is C/C=C/C(=O)N1CCC(CN)CC1. The number of rotatable bonds is 2. The summed E-state index contributed by atoms with van der Waals surface area (Å²) in [6.45, 7) is 4.35. The molecule has 0 radical (unpaired) electrons. The first-order valence-electron chi connectivity index (χ1n) is 4.89. The molecule has 1 aliphatic heterocycles. The molecule has 0 bridgehead atoms. The Labute approximate surface area is 79.6 Å². The van der Waals surface area contributed by atoms with Crippen LogP contribution >= 0.6 is 0 Å². The van der Waals surface area contributed by atoms with Crippen LogP contribution in [0.2, 0.25) is 0 Å². The van der Waals surface area contributed by atoms with E-state index in [-0.39, 0.29) is 5.91 Å². The lowest BCUT2D eigenvalue weighted by Gasteiger charge is -2.30. The van der Waals surface area contributed by atoms with Crippen molar-refractivity contribution in [3.8, 4) is 0 Å². The summed E-state index contributed by atoms with van der Waals surface area (Å²) in [5.41, 5.74) is 5.57. The third kappa shape index (κ3) is 2.84. The van der Waals surface area contributed by atoms with E-state index in [0.717, 1.165) is 32.5 Å². The Hall–Kier alpha value is -0.830. The lowest BCUT2D eigenvalue weighted by molar-refractivity contribution is -0.127. The maximum atomic E-state index is 11.4. The van der Waals surface area contributed by atoms with Gasteiger partial charge in [-0.3, -0.25) is 4.79 Å². The minimum Gasteiger partial charge on any atom is -0.339 e. The standard InChI is InChI=1S/C10H18N2O/c1-2-3-10(13)12-6-4-9(8-11)5-7-12/h2-3,9H,4-8,11H2,1H3/b3-2+. The van der Waals surface area contributed by atoms with Crippen molar-refractivity contribution >= 4 is 5.91 Å². The van der Waals surface area contributed by atoms with Gasteiger partial charge in [0.15, 0.2) is 0 Å². The molecule has 0 atom stereocenters. The second-order valence-corrected chi connectivity index (χ2v) is 3.50. The third-order valence-corrected chi connectivity index (χ3v) is 2.57. The Morgan fingerprint density at radius 2 is 2.15 bits per heavy atom. The molecule has 0 saturated carbocycles. The van der Waals surface area contributed by atoms with E-state index < -0.39 is 0 Å². The zero-order valence-corrected chi connectivity index (χ0v) is 8.20. The molecule has 0 aliphatic carbocycles. The number of carbonyl (C=O) groups is 1. The van der Waals surface area contributed by atoms with E-state index in [1.54, 1.807) is 12.2 Å². The predicted octanol–water partition coefficient (Wildman–Crippen LogP) is 0.760. The monoisotopic (exact) mass is 182 g/mol. The van der Waals surface area contributed by atoms with E-state index in [2.05, 4.69) is 0 Å². The average Bonchev–Trinajstić information content (AvgIpc) is 2.18. The van der Waals surface area contributed by atoms with Crippen molar-refractivity contribution in [2.24, 2.45) is 11.7 Å². The van der Waals surface area contributed by atoms with Gasteiger partial charge in [0.2, 0.25) is 5.91 Å². The number of hydrogen-bond donors (Lipinski definition) is 1. The molecule has 1 rings (SSSR count). The zero-order chi connectivity index (χ0) is 9.68. The van der Waals surface area contributed by atoms with E-state index in [9.17, 15) is 4.79 Å². The lowest BCUT2D eigenvalue weighted by atomic mass is 9.97. The van der Waals surface area contributed by atoms with E-state index in [0.29, 0.717) is 5.92 Å². The molecule has 0 aromatic heterocycles. The Morgan fingerprint density at radius 1 is 1.54 bits per heavy atom. The summed E-state index contributed by atoms with van der Waals surface area (Å²) in [6.07, 6.45) is 5.53. The van der Waals surface area contributed by atoms with Crippen molar-refractivity contribution in [3.05, 3.63) is 12.2 Å². The van der Waals surface area contributed by atoms with Crippen LogP contribution in [0.5, 0.6) is 0 Å². The van der Waals surface area contributed by atoms with Crippen molar-refractivity contribution in [3.63, 3.8) is 0 Å². The summed E-state index contributed by atoms with van der Waals surface area (Å²) in [6, 6.07) is 0. The second-order valence-electron chi connectivity index (χ2n) is 3.50. The van der Waals surface area contributed by atoms with Gasteiger partial charge in [0.05, 0.1) is 0 Å². The van der Waals surface area contributed by atoms with Crippen LogP contribution in [0.3, 0.4) is 0 Å². The molecule has 1 saturated heterocycles. The molecule has 1 fully saturated rings. The highest BCUT2D eigenvalue weighted by Crippen LogP contribution is 2.15. The normalized spacial score (nSPS) is 19.7. The molecule has 74 valence electrons. The van der Waals surface area contributed by atoms with Crippen LogP contribution in [0.4, 0.5) is 0 Å². The summed E-state index contributed by atoms with van der Waals surface area (Å²) in [4.78, 5) is 13.3. The van der Waals surface area contributed by atoms with Crippen molar-refractivity contribution in [1.29, 1.82) is 0 Å². The van der Waals surface area contributed by atoms with Gasteiger partial charge in [0.25, 0.3) is 0 Å². The molecule has 1 heterocycles.